The maximum Gasteiger partial charge on any atom is 0.227 e. The van der Waals surface area contributed by atoms with Crippen molar-refractivity contribution in [3.8, 4) is 0 Å². The first-order valence-corrected chi connectivity index (χ1v) is 9.03. The van der Waals surface area contributed by atoms with Crippen LogP contribution in [0.5, 0.6) is 0 Å². The van der Waals surface area contributed by atoms with E-state index in [4.69, 9.17) is 4.52 Å². The summed E-state index contributed by atoms with van der Waals surface area (Å²) in [6.45, 7) is 0. The molecule has 3 unspecified atom stereocenters. The second-order valence-corrected chi connectivity index (χ2v) is 7.36. The largest absolute Gasteiger partial charge is 0.339 e. The van der Waals surface area contributed by atoms with E-state index in [0.717, 1.165) is 18.1 Å². The van der Waals surface area contributed by atoms with Crippen LogP contribution in [0, 0.1) is 5.92 Å². The zero-order chi connectivity index (χ0) is 13.8. The Bertz CT molecular complexity index is 417. The minimum Gasteiger partial charge on any atom is -0.339 e. The lowest BCUT2D eigenvalue weighted by molar-refractivity contribution is 0.248. The van der Waals surface area contributed by atoms with Gasteiger partial charge in [0.25, 0.3) is 0 Å². The van der Waals surface area contributed by atoms with Crippen molar-refractivity contribution in [1.82, 2.24) is 15.5 Å². The average Bonchev–Trinajstić information content (AvgIpc) is 2.97. The first-order valence-electron chi connectivity index (χ1n) is 7.98. The van der Waals surface area contributed by atoms with Crippen molar-refractivity contribution >= 4 is 11.8 Å². The summed E-state index contributed by atoms with van der Waals surface area (Å²) >= 11 is 1.98. The van der Waals surface area contributed by atoms with Crippen LogP contribution in [0.15, 0.2) is 4.52 Å². The highest BCUT2D eigenvalue weighted by Gasteiger charge is 2.27. The first-order chi connectivity index (χ1) is 9.86. The normalized spacial score (nSPS) is 31.4. The Labute approximate surface area is 125 Å². The molecule has 4 nitrogen and oxygen atoms in total. The van der Waals surface area contributed by atoms with E-state index in [0.29, 0.717) is 17.2 Å². The maximum atomic E-state index is 5.51. The maximum absolute atomic E-state index is 5.51. The molecule has 2 aliphatic rings. The lowest BCUT2D eigenvalue weighted by atomic mass is 9.82. The molecule has 1 aromatic rings. The summed E-state index contributed by atoms with van der Waals surface area (Å²) in [5, 5.41) is 8.14. The number of hydrogen-bond donors (Lipinski definition) is 1. The van der Waals surface area contributed by atoms with Crippen molar-refractivity contribution in [3.05, 3.63) is 11.7 Å². The molecule has 2 fully saturated rings. The summed E-state index contributed by atoms with van der Waals surface area (Å²) in [6.07, 6.45) is 10.0. The molecule has 20 heavy (non-hydrogen) atoms. The van der Waals surface area contributed by atoms with Crippen molar-refractivity contribution in [2.24, 2.45) is 5.92 Å². The third-order valence-electron chi connectivity index (χ3n) is 4.67. The highest BCUT2D eigenvalue weighted by molar-refractivity contribution is 7.99. The van der Waals surface area contributed by atoms with E-state index in [9.17, 15) is 0 Å². The van der Waals surface area contributed by atoms with Crippen LogP contribution in [0.3, 0.4) is 0 Å². The summed E-state index contributed by atoms with van der Waals surface area (Å²) in [7, 11) is 2.07. The number of nitrogens with one attached hydrogen (secondary N) is 1. The number of thioether (sulfide) groups is 1. The quantitative estimate of drug-likeness (QED) is 0.923. The van der Waals surface area contributed by atoms with Crippen LogP contribution in [0.2, 0.25) is 0 Å². The molecule has 1 saturated carbocycles. The first kappa shape index (κ1) is 14.4. The number of aromatic nitrogens is 2. The lowest BCUT2D eigenvalue weighted by Gasteiger charge is -2.30. The van der Waals surface area contributed by atoms with E-state index >= 15 is 0 Å². The lowest BCUT2D eigenvalue weighted by Crippen LogP contribution is -2.37. The van der Waals surface area contributed by atoms with Crippen LogP contribution in [0.25, 0.3) is 0 Å². The van der Waals surface area contributed by atoms with Gasteiger partial charge in [0.2, 0.25) is 5.89 Å². The van der Waals surface area contributed by atoms with Crippen LogP contribution >= 0.6 is 11.8 Å². The average molecular weight is 295 g/mol. The van der Waals surface area contributed by atoms with E-state index in [1.54, 1.807) is 0 Å². The molecular weight excluding hydrogens is 270 g/mol. The molecule has 2 heterocycles. The van der Waals surface area contributed by atoms with Crippen molar-refractivity contribution in [2.45, 2.75) is 62.7 Å². The molecule has 1 aliphatic carbocycles. The van der Waals surface area contributed by atoms with Gasteiger partial charge in [-0.15, -0.1) is 0 Å². The fraction of sp³-hybridized carbons (Fsp3) is 0.867. The highest BCUT2D eigenvalue weighted by atomic mass is 32.2. The summed E-state index contributed by atoms with van der Waals surface area (Å²) in [5.41, 5.74) is 0. The molecule has 0 spiro atoms. The van der Waals surface area contributed by atoms with Gasteiger partial charge in [-0.25, -0.2) is 0 Å². The monoisotopic (exact) mass is 295 g/mol. The zero-order valence-electron chi connectivity index (χ0n) is 12.3. The van der Waals surface area contributed by atoms with Gasteiger partial charge < -0.3 is 9.84 Å². The SMILES string of the molecule is CNC1CCCCC1Cc1nc(C2CCCCS2)no1. The minimum absolute atomic E-state index is 0.465. The van der Waals surface area contributed by atoms with E-state index < -0.39 is 0 Å². The fourth-order valence-electron chi connectivity index (χ4n) is 3.48. The molecular formula is C15H25N3OS. The van der Waals surface area contributed by atoms with Crippen molar-refractivity contribution < 1.29 is 4.52 Å². The zero-order valence-corrected chi connectivity index (χ0v) is 13.1. The van der Waals surface area contributed by atoms with Gasteiger partial charge in [-0.3, -0.25) is 0 Å². The van der Waals surface area contributed by atoms with Crippen LogP contribution in [0.1, 0.15) is 61.9 Å². The van der Waals surface area contributed by atoms with Gasteiger partial charge in [-0.2, -0.15) is 16.7 Å². The number of rotatable bonds is 4. The Morgan fingerprint density at radius 1 is 1.20 bits per heavy atom. The smallest absolute Gasteiger partial charge is 0.227 e. The van der Waals surface area contributed by atoms with E-state index in [-0.39, 0.29) is 0 Å². The predicted molar refractivity (Wildman–Crippen MR) is 81.9 cm³/mol. The molecule has 1 N–H and O–H groups in total. The Morgan fingerprint density at radius 2 is 2.05 bits per heavy atom. The third kappa shape index (κ3) is 3.37. The van der Waals surface area contributed by atoms with Gasteiger partial charge in [-0.1, -0.05) is 24.4 Å². The summed E-state index contributed by atoms with van der Waals surface area (Å²) in [4.78, 5) is 4.67. The van der Waals surface area contributed by atoms with E-state index in [2.05, 4.69) is 22.5 Å². The molecule has 3 rings (SSSR count). The molecule has 0 bridgehead atoms. The van der Waals surface area contributed by atoms with Crippen molar-refractivity contribution in [2.75, 3.05) is 12.8 Å². The van der Waals surface area contributed by atoms with E-state index in [1.807, 2.05) is 11.8 Å². The van der Waals surface area contributed by atoms with Crippen LogP contribution in [0.4, 0.5) is 0 Å². The Hall–Kier alpha value is -0.550. The molecule has 0 radical (unpaired) electrons. The fourth-order valence-corrected chi connectivity index (χ4v) is 4.72. The molecule has 0 amide bonds. The molecule has 1 saturated heterocycles. The molecule has 0 aromatic carbocycles. The standard InChI is InChI=1S/C15H25N3OS/c1-16-12-7-3-2-6-11(12)10-14-17-15(18-19-14)13-8-4-5-9-20-13/h11-13,16H,2-10H2,1H3. The summed E-state index contributed by atoms with van der Waals surface area (Å²) < 4.78 is 5.51. The highest BCUT2D eigenvalue weighted by Crippen LogP contribution is 2.37. The van der Waals surface area contributed by atoms with Crippen LogP contribution in [-0.4, -0.2) is 29.0 Å². The van der Waals surface area contributed by atoms with Gasteiger partial charge in [-0.05, 0) is 44.4 Å². The minimum atomic E-state index is 0.465. The van der Waals surface area contributed by atoms with Crippen molar-refractivity contribution in [3.63, 3.8) is 0 Å². The second kappa shape index (κ2) is 6.94. The van der Waals surface area contributed by atoms with Gasteiger partial charge in [0.15, 0.2) is 5.82 Å². The Balaban J connectivity index is 1.61. The van der Waals surface area contributed by atoms with Crippen LogP contribution in [-0.2, 0) is 6.42 Å². The van der Waals surface area contributed by atoms with Gasteiger partial charge in [0, 0.05) is 12.5 Å². The Kier molecular flexibility index (Phi) is 4.99. The van der Waals surface area contributed by atoms with Crippen molar-refractivity contribution in [1.29, 1.82) is 0 Å². The second-order valence-electron chi connectivity index (χ2n) is 6.05. The molecule has 1 aliphatic heterocycles. The van der Waals surface area contributed by atoms with E-state index in [1.165, 1.54) is 50.7 Å². The van der Waals surface area contributed by atoms with Gasteiger partial charge in [0.1, 0.15) is 0 Å². The molecule has 1 aromatic heterocycles. The molecule has 3 atom stereocenters. The number of hydrogen-bond acceptors (Lipinski definition) is 5. The van der Waals surface area contributed by atoms with Gasteiger partial charge in [0.05, 0.1) is 5.25 Å². The third-order valence-corrected chi connectivity index (χ3v) is 6.04. The predicted octanol–water partition coefficient (Wildman–Crippen LogP) is 3.35. The topological polar surface area (TPSA) is 51.0 Å². The molecule has 5 heteroatoms. The Morgan fingerprint density at radius 3 is 2.85 bits per heavy atom. The number of nitrogens with zero attached hydrogens (tertiary/aromatic N) is 2. The molecule has 112 valence electrons. The summed E-state index contributed by atoms with van der Waals surface area (Å²) in [5.74, 6) is 3.67. The summed E-state index contributed by atoms with van der Waals surface area (Å²) in [6, 6.07) is 0.614. The van der Waals surface area contributed by atoms with Gasteiger partial charge >= 0.3 is 0 Å². The van der Waals surface area contributed by atoms with Crippen LogP contribution < -0.4 is 5.32 Å².